The van der Waals surface area contributed by atoms with Gasteiger partial charge in [0, 0.05) is 4.47 Å². The molecule has 14 heavy (non-hydrogen) atoms. The van der Waals surface area contributed by atoms with Gasteiger partial charge >= 0.3 is 0 Å². The van der Waals surface area contributed by atoms with Crippen LogP contribution in [-0.4, -0.2) is 14.2 Å². The van der Waals surface area contributed by atoms with Crippen molar-refractivity contribution in [3.8, 4) is 0 Å². The summed E-state index contributed by atoms with van der Waals surface area (Å²) in [6, 6.07) is 4.81. The lowest BCUT2D eigenvalue weighted by atomic mass is 10.3. The highest BCUT2D eigenvalue weighted by molar-refractivity contribution is 9.10. The van der Waals surface area contributed by atoms with Crippen LogP contribution in [0, 0.1) is 0 Å². The third-order valence-corrected chi connectivity index (χ3v) is 4.26. The molecule has 0 aromatic heterocycles. The third kappa shape index (κ3) is 2.48. The van der Waals surface area contributed by atoms with Crippen LogP contribution >= 0.6 is 15.9 Å². The van der Waals surface area contributed by atoms with Crippen molar-refractivity contribution in [2.75, 3.05) is 11.5 Å². The first-order valence-electron chi connectivity index (χ1n) is 4.25. The van der Waals surface area contributed by atoms with Gasteiger partial charge in [0.1, 0.15) is 0 Å². The van der Waals surface area contributed by atoms with Gasteiger partial charge in [0.15, 0.2) is 9.84 Å². The fourth-order valence-corrected chi connectivity index (χ4v) is 3.01. The summed E-state index contributed by atoms with van der Waals surface area (Å²) in [7, 11) is -3.20. The zero-order chi connectivity index (χ0) is 10.8. The summed E-state index contributed by atoms with van der Waals surface area (Å²) in [4.78, 5) is 0.225. The van der Waals surface area contributed by atoms with Crippen molar-refractivity contribution in [3.63, 3.8) is 0 Å². The van der Waals surface area contributed by atoms with Crippen molar-refractivity contribution < 1.29 is 8.42 Å². The molecule has 0 amide bonds. The van der Waals surface area contributed by atoms with Gasteiger partial charge in [-0.05, 0) is 24.6 Å². The molecule has 0 aliphatic heterocycles. The molecule has 0 aliphatic rings. The maximum Gasteiger partial charge on any atom is 0.180 e. The van der Waals surface area contributed by atoms with Crippen LogP contribution < -0.4 is 5.73 Å². The number of benzene rings is 1. The highest BCUT2D eigenvalue weighted by Gasteiger charge is 2.16. The zero-order valence-corrected chi connectivity index (χ0v) is 10.2. The van der Waals surface area contributed by atoms with Crippen LogP contribution in [0.1, 0.15) is 13.3 Å². The van der Waals surface area contributed by atoms with E-state index in [1.165, 1.54) is 6.07 Å². The van der Waals surface area contributed by atoms with Gasteiger partial charge in [-0.25, -0.2) is 8.42 Å². The van der Waals surface area contributed by atoms with Gasteiger partial charge in [-0.3, -0.25) is 0 Å². The maximum absolute atomic E-state index is 11.7. The monoisotopic (exact) mass is 277 g/mol. The van der Waals surface area contributed by atoms with Gasteiger partial charge in [0.05, 0.1) is 16.3 Å². The quantitative estimate of drug-likeness (QED) is 0.862. The van der Waals surface area contributed by atoms with Gasteiger partial charge in [0.25, 0.3) is 0 Å². The third-order valence-electron chi connectivity index (χ3n) is 1.78. The van der Waals surface area contributed by atoms with E-state index in [9.17, 15) is 8.42 Å². The van der Waals surface area contributed by atoms with Crippen molar-refractivity contribution >= 4 is 31.5 Å². The SMILES string of the molecule is CCCS(=O)(=O)c1ccc(Br)cc1N. The van der Waals surface area contributed by atoms with Crippen LogP contribution in [0.25, 0.3) is 0 Å². The Morgan fingerprint density at radius 2 is 2.07 bits per heavy atom. The lowest BCUT2D eigenvalue weighted by Gasteiger charge is -2.06. The van der Waals surface area contributed by atoms with Crippen LogP contribution in [0.5, 0.6) is 0 Å². The van der Waals surface area contributed by atoms with Crippen molar-refractivity contribution in [1.82, 2.24) is 0 Å². The molecule has 0 saturated carbocycles. The molecule has 0 spiro atoms. The van der Waals surface area contributed by atoms with E-state index in [4.69, 9.17) is 5.73 Å². The molecule has 1 rings (SSSR count). The van der Waals surface area contributed by atoms with Gasteiger partial charge in [-0.2, -0.15) is 0 Å². The first kappa shape index (κ1) is 11.5. The molecule has 5 heteroatoms. The van der Waals surface area contributed by atoms with E-state index < -0.39 is 9.84 Å². The van der Waals surface area contributed by atoms with Gasteiger partial charge in [-0.15, -0.1) is 0 Å². The number of hydrogen-bond acceptors (Lipinski definition) is 3. The Balaban J connectivity index is 3.20. The number of anilines is 1. The van der Waals surface area contributed by atoms with Crippen molar-refractivity contribution in [2.45, 2.75) is 18.2 Å². The molecule has 1 aromatic rings. The summed E-state index contributed by atoms with van der Waals surface area (Å²) in [6.45, 7) is 1.83. The number of nitrogen functional groups attached to an aromatic ring is 1. The Hall–Kier alpha value is -0.550. The van der Waals surface area contributed by atoms with Crippen LogP contribution in [0.4, 0.5) is 5.69 Å². The van der Waals surface area contributed by atoms with Crippen LogP contribution in [0.3, 0.4) is 0 Å². The Bertz CT molecular complexity index is 428. The summed E-state index contributed by atoms with van der Waals surface area (Å²) in [6.07, 6.45) is 0.595. The van der Waals surface area contributed by atoms with Crippen LogP contribution in [-0.2, 0) is 9.84 Å². The Morgan fingerprint density at radius 3 is 2.57 bits per heavy atom. The Labute approximate surface area is 92.4 Å². The lowest BCUT2D eigenvalue weighted by Crippen LogP contribution is -2.08. The normalized spacial score (nSPS) is 11.6. The average molecular weight is 278 g/mol. The van der Waals surface area contributed by atoms with E-state index in [2.05, 4.69) is 15.9 Å². The topological polar surface area (TPSA) is 60.2 Å². The van der Waals surface area contributed by atoms with Crippen LogP contribution in [0.15, 0.2) is 27.6 Å². The van der Waals surface area contributed by atoms with Crippen molar-refractivity contribution in [2.24, 2.45) is 0 Å². The molecule has 0 radical (unpaired) electrons. The molecule has 2 N–H and O–H groups in total. The molecule has 0 atom stereocenters. The van der Waals surface area contributed by atoms with E-state index in [1.807, 2.05) is 6.92 Å². The summed E-state index contributed by atoms with van der Waals surface area (Å²) in [5.41, 5.74) is 5.93. The Kier molecular flexibility index (Phi) is 3.55. The molecule has 0 fully saturated rings. The second-order valence-electron chi connectivity index (χ2n) is 3.00. The molecule has 3 nitrogen and oxygen atoms in total. The van der Waals surface area contributed by atoms with Gasteiger partial charge < -0.3 is 5.73 Å². The summed E-state index contributed by atoms with van der Waals surface area (Å²) in [5, 5.41) is 0. The highest BCUT2D eigenvalue weighted by atomic mass is 79.9. The lowest BCUT2D eigenvalue weighted by molar-refractivity contribution is 0.595. The number of halogens is 1. The largest absolute Gasteiger partial charge is 0.398 e. The molecule has 0 heterocycles. The smallest absolute Gasteiger partial charge is 0.180 e. The second kappa shape index (κ2) is 4.31. The predicted molar refractivity (Wildman–Crippen MR) is 60.9 cm³/mol. The predicted octanol–water partition coefficient (Wildman–Crippen LogP) is 2.22. The standard InChI is InChI=1S/C9H12BrNO2S/c1-2-5-14(12,13)9-4-3-7(10)6-8(9)11/h3-4,6H,2,5,11H2,1H3. The van der Waals surface area contributed by atoms with E-state index in [-0.39, 0.29) is 10.6 Å². The highest BCUT2D eigenvalue weighted by Crippen LogP contribution is 2.23. The van der Waals surface area contributed by atoms with E-state index in [0.717, 1.165) is 4.47 Å². The van der Waals surface area contributed by atoms with Gasteiger partial charge in [0.2, 0.25) is 0 Å². The van der Waals surface area contributed by atoms with Gasteiger partial charge in [-0.1, -0.05) is 22.9 Å². The molecule has 0 saturated heterocycles. The fraction of sp³-hybridized carbons (Fsp3) is 0.333. The fourth-order valence-electron chi connectivity index (χ4n) is 1.18. The second-order valence-corrected chi connectivity index (χ2v) is 5.99. The van der Waals surface area contributed by atoms with E-state index in [0.29, 0.717) is 12.1 Å². The van der Waals surface area contributed by atoms with E-state index in [1.54, 1.807) is 12.1 Å². The van der Waals surface area contributed by atoms with E-state index >= 15 is 0 Å². The molecule has 0 bridgehead atoms. The minimum atomic E-state index is -3.20. The Morgan fingerprint density at radius 1 is 1.43 bits per heavy atom. The molecular formula is C9H12BrNO2S. The minimum absolute atomic E-state index is 0.138. The maximum atomic E-state index is 11.7. The van der Waals surface area contributed by atoms with Crippen molar-refractivity contribution in [1.29, 1.82) is 0 Å². The first-order valence-corrected chi connectivity index (χ1v) is 6.69. The average Bonchev–Trinajstić information content (AvgIpc) is 2.02. The van der Waals surface area contributed by atoms with Crippen molar-refractivity contribution in [3.05, 3.63) is 22.7 Å². The summed E-state index contributed by atoms with van der Waals surface area (Å²) in [5.74, 6) is 0.138. The molecule has 0 aliphatic carbocycles. The number of sulfone groups is 1. The molecular weight excluding hydrogens is 266 g/mol. The molecule has 0 unspecified atom stereocenters. The number of rotatable bonds is 3. The van der Waals surface area contributed by atoms with Crippen LogP contribution in [0.2, 0.25) is 0 Å². The molecule has 78 valence electrons. The molecule has 1 aromatic carbocycles. The first-order chi connectivity index (χ1) is 6.47. The number of nitrogens with two attached hydrogens (primary N) is 1. The summed E-state index contributed by atoms with van der Waals surface area (Å²) < 4.78 is 24.1. The summed E-state index contributed by atoms with van der Waals surface area (Å²) >= 11 is 3.23. The minimum Gasteiger partial charge on any atom is -0.398 e. The zero-order valence-electron chi connectivity index (χ0n) is 7.83. The number of hydrogen-bond donors (Lipinski definition) is 1.